The number of ether oxygens (including phenoxy) is 1. The van der Waals surface area contributed by atoms with Gasteiger partial charge in [0.15, 0.2) is 5.60 Å². The van der Waals surface area contributed by atoms with E-state index in [0.29, 0.717) is 12.1 Å². The summed E-state index contributed by atoms with van der Waals surface area (Å²) < 4.78 is 88.9. The van der Waals surface area contributed by atoms with Crippen LogP contribution in [-0.4, -0.2) is 26.9 Å². The molecule has 3 rings (SSSR count). The third-order valence-corrected chi connectivity index (χ3v) is 6.39. The molecule has 0 unspecified atom stereocenters. The predicted octanol–water partition coefficient (Wildman–Crippen LogP) is 6.41. The molecule has 3 aromatic rings. The zero-order valence-electron chi connectivity index (χ0n) is 19.9. The smallest absolute Gasteiger partial charge is 0.422 e. The van der Waals surface area contributed by atoms with Gasteiger partial charge < -0.3 is 19.5 Å². The molecule has 1 aromatic heterocycles. The fourth-order valence-corrected chi connectivity index (χ4v) is 4.37. The summed E-state index contributed by atoms with van der Waals surface area (Å²) in [7, 11) is 1.24. The summed E-state index contributed by atoms with van der Waals surface area (Å²) in [5.41, 5.74) is -7.25. The zero-order valence-corrected chi connectivity index (χ0v) is 20.7. The van der Waals surface area contributed by atoms with E-state index in [1.54, 1.807) is 0 Å². The monoisotopic (exact) mass is 563 g/mol. The number of alkyl halides is 6. The minimum Gasteiger partial charge on any atom is -0.478 e. The van der Waals surface area contributed by atoms with Crippen molar-refractivity contribution in [3.8, 4) is 11.5 Å². The minimum atomic E-state index is -5.20. The largest absolute Gasteiger partial charge is 0.478 e. The van der Waals surface area contributed by atoms with Gasteiger partial charge in [-0.15, -0.1) is 0 Å². The van der Waals surface area contributed by atoms with Gasteiger partial charge in [-0.25, -0.2) is 4.79 Å². The Morgan fingerprint density at radius 2 is 1.61 bits per heavy atom. The minimum absolute atomic E-state index is 0.0261. The number of aromatic carboxylic acids is 1. The molecular formula is C25H20ClF6NO5. The first kappa shape index (κ1) is 29.1. The predicted molar refractivity (Wildman–Crippen MR) is 125 cm³/mol. The van der Waals surface area contributed by atoms with Crippen LogP contribution in [0.5, 0.6) is 11.5 Å². The van der Waals surface area contributed by atoms with Crippen molar-refractivity contribution in [2.75, 3.05) is 0 Å². The molecule has 0 aliphatic carbocycles. The molecule has 38 heavy (non-hydrogen) atoms. The number of aromatic nitrogens is 1. The molecule has 2 atom stereocenters. The maximum absolute atomic E-state index is 14.3. The maximum atomic E-state index is 14.3. The second kappa shape index (κ2) is 9.99. The van der Waals surface area contributed by atoms with Crippen molar-refractivity contribution >= 4 is 17.6 Å². The number of rotatable bonds is 6. The van der Waals surface area contributed by atoms with Crippen LogP contribution >= 0.6 is 11.6 Å². The number of carbonyl (C=O) groups is 1. The van der Waals surface area contributed by atoms with Crippen LogP contribution in [0.4, 0.5) is 26.3 Å². The number of nitrogens with zero attached hydrogens (tertiary/aromatic N) is 1. The van der Waals surface area contributed by atoms with Gasteiger partial charge in [0, 0.05) is 35.3 Å². The second-order valence-electron chi connectivity index (χ2n) is 8.61. The number of carboxylic acid groups (broad SMARTS) is 1. The van der Waals surface area contributed by atoms with Crippen LogP contribution in [0.2, 0.25) is 5.02 Å². The molecule has 0 saturated carbocycles. The lowest BCUT2D eigenvalue weighted by Crippen LogP contribution is -2.47. The maximum Gasteiger partial charge on any atom is 0.422 e. The van der Waals surface area contributed by atoms with Crippen molar-refractivity contribution in [2.24, 2.45) is 7.05 Å². The van der Waals surface area contributed by atoms with Crippen molar-refractivity contribution in [2.45, 2.75) is 37.7 Å². The molecule has 0 amide bonds. The summed E-state index contributed by atoms with van der Waals surface area (Å²) in [6.07, 6.45) is -9.32. The molecule has 2 N–H and O–H groups in total. The summed E-state index contributed by atoms with van der Waals surface area (Å²) in [6.45, 7) is 2.38. The highest BCUT2D eigenvalue weighted by molar-refractivity contribution is 6.31. The zero-order chi connectivity index (χ0) is 28.8. The SMILES string of the molecule is Cc1cc([C@@](O)([C@@H](C)c2ccc(Oc3ccc(C(=O)O)c(C(F)(F)F)c3)cc2Cl)C(F)(F)F)cn(C)c1=O. The van der Waals surface area contributed by atoms with Crippen molar-refractivity contribution in [3.05, 3.63) is 91.9 Å². The Bertz CT molecular complexity index is 1420. The highest BCUT2D eigenvalue weighted by atomic mass is 35.5. The topological polar surface area (TPSA) is 88.8 Å². The van der Waals surface area contributed by atoms with Gasteiger partial charge in [0.1, 0.15) is 11.5 Å². The number of hydrogen-bond donors (Lipinski definition) is 2. The second-order valence-corrected chi connectivity index (χ2v) is 9.02. The summed E-state index contributed by atoms with van der Waals surface area (Å²) in [5.74, 6) is -4.05. The normalized spacial score (nSPS) is 14.6. The van der Waals surface area contributed by atoms with Crippen LogP contribution in [0.1, 0.15) is 45.5 Å². The molecule has 6 nitrogen and oxygen atoms in total. The van der Waals surface area contributed by atoms with Crippen LogP contribution in [0, 0.1) is 6.92 Å². The lowest BCUT2D eigenvalue weighted by molar-refractivity contribution is -0.274. The Balaban J connectivity index is 2.02. The number of benzene rings is 2. The van der Waals surface area contributed by atoms with Crippen LogP contribution < -0.4 is 10.3 Å². The number of halogens is 7. The fraction of sp³-hybridized carbons (Fsp3) is 0.280. The van der Waals surface area contributed by atoms with Crippen LogP contribution in [0.25, 0.3) is 0 Å². The quantitative estimate of drug-likeness (QED) is 0.338. The van der Waals surface area contributed by atoms with Crippen LogP contribution in [0.3, 0.4) is 0 Å². The molecule has 0 saturated heterocycles. The van der Waals surface area contributed by atoms with E-state index in [-0.39, 0.29) is 21.9 Å². The number of hydrogen-bond acceptors (Lipinski definition) is 4. The van der Waals surface area contributed by atoms with Gasteiger partial charge in [-0.1, -0.05) is 24.6 Å². The highest BCUT2D eigenvalue weighted by Crippen LogP contribution is 2.50. The van der Waals surface area contributed by atoms with Crippen LogP contribution in [0.15, 0.2) is 53.5 Å². The summed E-state index contributed by atoms with van der Waals surface area (Å²) in [5, 5.41) is 19.7. The van der Waals surface area contributed by atoms with Gasteiger partial charge in [0.05, 0.1) is 11.1 Å². The lowest BCUT2D eigenvalue weighted by Gasteiger charge is -2.37. The Morgan fingerprint density at radius 1 is 1.03 bits per heavy atom. The van der Waals surface area contributed by atoms with E-state index in [1.807, 2.05) is 0 Å². The summed E-state index contributed by atoms with van der Waals surface area (Å²) in [4.78, 5) is 23.1. The molecule has 204 valence electrons. The molecule has 0 spiro atoms. The highest BCUT2D eigenvalue weighted by Gasteiger charge is 2.59. The van der Waals surface area contributed by atoms with Gasteiger partial charge >= 0.3 is 18.3 Å². The van der Waals surface area contributed by atoms with Crippen molar-refractivity contribution < 1.29 is 46.1 Å². The van der Waals surface area contributed by atoms with Gasteiger partial charge in [-0.2, -0.15) is 26.3 Å². The van der Waals surface area contributed by atoms with Crippen LogP contribution in [-0.2, 0) is 18.8 Å². The Labute approximate surface area is 216 Å². The standard InChI is InChI=1S/C25H20ClF6NO5/c1-12-8-14(11-33(3)21(12)34)23(37,25(30,31)32)13(2)17-6-4-16(10-20(17)26)38-15-5-7-18(22(35)36)19(9-15)24(27,28)29/h4-11,13,37H,1-3H3,(H,35,36)/t13-,23-/m0/s1. The molecule has 0 bridgehead atoms. The van der Waals surface area contributed by atoms with Gasteiger partial charge in [0.25, 0.3) is 5.56 Å². The van der Waals surface area contributed by atoms with Crippen molar-refractivity contribution in [3.63, 3.8) is 0 Å². The molecular weight excluding hydrogens is 544 g/mol. The molecule has 0 fully saturated rings. The Hall–Kier alpha value is -3.51. The average Bonchev–Trinajstić information content (AvgIpc) is 2.80. The van der Waals surface area contributed by atoms with E-state index in [1.165, 1.54) is 14.0 Å². The van der Waals surface area contributed by atoms with Crippen molar-refractivity contribution in [1.82, 2.24) is 4.57 Å². The molecule has 0 aliphatic heterocycles. The fourth-order valence-electron chi connectivity index (χ4n) is 4.04. The van der Waals surface area contributed by atoms with Gasteiger partial charge in [0.2, 0.25) is 0 Å². The third-order valence-electron chi connectivity index (χ3n) is 6.06. The van der Waals surface area contributed by atoms with Gasteiger partial charge in [-0.05, 0) is 48.9 Å². The van der Waals surface area contributed by atoms with E-state index >= 15 is 0 Å². The van der Waals surface area contributed by atoms with Crippen molar-refractivity contribution in [1.29, 1.82) is 0 Å². The molecule has 13 heteroatoms. The summed E-state index contributed by atoms with van der Waals surface area (Å²) in [6, 6.07) is 6.40. The molecule has 1 heterocycles. The molecule has 2 aromatic carbocycles. The van der Waals surface area contributed by atoms with E-state index < -0.39 is 57.8 Å². The van der Waals surface area contributed by atoms with E-state index in [4.69, 9.17) is 21.4 Å². The Kier molecular flexibility index (Phi) is 7.64. The van der Waals surface area contributed by atoms with E-state index in [2.05, 4.69) is 0 Å². The number of aryl methyl sites for hydroxylation is 2. The lowest BCUT2D eigenvalue weighted by atomic mass is 9.78. The molecule has 0 radical (unpaired) electrons. The third kappa shape index (κ3) is 5.37. The first-order valence-electron chi connectivity index (χ1n) is 10.8. The Morgan fingerprint density at radius 3 is 2.11 bits per heavy atom. The number of carboxylic acids is 1. The average molecular weight is 564 g/mol. The number of pyridine rings is 1. The number of aliphatic hydroxyl groups is 1. The van der Waals surface area contributed by atoms with E-state index in [9.17, 15) is 41.0 Å². The first-order chi connectivity index (χ1) is 17.4. The molecule has 0 aliphatic rings. The van der Waals surface area contributed by atoms with E-state index in [0.717, 1.165) is 48.0 Å². The summed E-state index contributed by atoms with van der Waals surface area (Å²) >= 11 is 6.22. The van der Waals surface area contributed by atoms with Gasteiger partial charge in [-0.3, -0.25) is 4.79 Å². The first-order valence-corrected chi connectivity index (χ1v) is 11.1.